The molecule has 3 N–H and O–H groups in total. The molecular weight excluding hydrogens is 190 g/mol. The number of anilines is 1. The van der Waals surface area contributed by atoms with E-state index in [0.717, 1.165) is 12.8 Å². The number of para-hydroxylation sites is 1. The number of hydrazine groups is 1. The third-order valence-electron chi connectivity index (χ3n) is 2.73. The molecule has 1 aliphatic carbocycles. The van der Waals surface area contributed by atoms with Gasteiger partial charge in [0, 0.05) is 13.1 Å². The zero-order valence-electron chi connectivity index (χ0n) is 8.73. The highest BCUT2D eigenvalue weighted by Gasteiger charge is 2.30. The van der Waals surface area contributed by atoms with Gasteiger partial charge in [0.2, 0.25) is 0 Å². The number of carbonyl (C=O) groups excluding carboxylic acids is 1. The molecule has 1 aromatic rings. The van der Waals surface area contributed by atoms with Gasteiger partial charge in [-0.1, -0.05) is 12.1 Å². The fraction of sp³-hybridized carbons (Fsp3) is 0.364. The smallest absolute Gasteiger partial charge is 0.255 e. The van der Waals surface area contributed by atoms with Crippen molar-refractivity contribution in [1.82, 2.24) is 4.90 Å². The van der Waals surface area contributed by atoms with Crippen LogP contribution >= 0.6 is 0 Å². The Bertz CT molecular complexity index is 374. The minimum Gasteiger partial charge on any atom is -0.339 e. The second-order valence-electron chi connectivity index (χ2n) is 3.84. The summed E-state index contributed by atoms with van der Waals surface area (Å²) >= 11 is 0. The molecule has 1 fully saturated rings. The monoisotopic (exact) mass is 205 g/mol. The summed E-state index contributed by atoms with van der Waals surface area (Å²) in [4.78, 5) is 13.8. The molecule has 0 radical (unpaired) electrons. The number of hydrogen-bond donors (Lipinski definition) is 2. The highest BCUT2D eigenvalue weighted by molar-refractivity contribution is 5.99. The number of nitrogens with one attached hydrogen (secondary N) is 1. The van der Waals surface area contributed by atoms with E-state index in [0.29, 0.717) is 17.3 Å². The van der Waals surface area contributed by atoms with Gasteiger partial charge in [0.05, 0.1) is 11.3 Å². The molecule has 4 heteroatoms. The number of carbonyl (C=O) groups is 1. The summed E-state index contributed by atoms with van der Waals surface area (Å²) < 4.78 is 0. The van der Waals surface area contributed by atoms with Gasteiger partial charge in [-0.3, -0.25) is 10.6 Å². The first-order chi connectivity index (χ1) is 7.24. The Labute approximate surface area is 89.0 Å². The number of hydrogen-bond acceptors (Lipinski definition) is 3. The van der Waals surface area contributed by atoms with E-state index in [1.54, 1.807) is 17.0 Å². The molecule has 0 atom stereocenters. The Balaban J connectivity index is 2.23. The molecule has 0 spiro atoms. The SMILES string of the molecule is CN(C(=O)c1ccccc1NN)C1CC1. The van der Waals surface area contributed by atoms with Crippen LogP contribution in [-0.2, 0) is 0 Å². The Morgan fingerprint density at radius 3 is 2.73 bits per heavy atom. The highest BCUT2D eigenvalue weighted by Crippen LogP contribution is 2.27. The van der Waals surface area contributed by atoms with Crippen LogP contribution in [0.25, 0.3) is 0 Å². The Morgan fingerprint density at radius 1 is 1.47 bits per heavy atom. The van der Waals surface area contributed by atoms with Crippen molar-refractivity contribution in [3.05, 3.63) is 29.8 Å². The largest absolute Gasteiger partial charge is 0.339 e. The normalized spacial score (nSPS) is 14.8. The van der Waals surface area contributed by atoms with Crippen LogP contribution in [0.2, 0.25) is 0 Å². The number of amides is 1. The third kappa shape index (κ3) is 1.94. The van der Waals surface area contributed by atoms with E-state index in [-0.39, 0.29) is 5.91 Å². The van der Waals surface area contributed by atoms with Gasteiger partial charge >= 0.3 is 0 Å². The summed E-state index contributed by atoms with van der Waals surface area (Å²) in [5, 5.41) is 0. The average molecular weight is 205 g/mol. The lowest BCUT2D eigenvalue weighted by Crippen LogP contribution is -2.29. The molecular formula is C11H15N3O. The minimum atomic E-state index is 0.0334. The van der Waals surface area contributed by atoms with E-state index in [1.807, 2.05) is 19.2 Å². The number of rotatable bonds is 3. The first kappa shape index (κ1) is 9.98. The predicted octanol–water partition coefficient (Wildman–Crippen LogP) is 1.21. The molecule has 0 heterocycles. The molecule has 0 saturated heterocycles. The first-order valence-electron chi connectivity index (χ1n) is 5.07. The van der Waals surface area contributed by atoms with Crippen LogP contribution in [-0.4, -0.2) is 23.9 Å². The Morgan fingerprint density at radius 2 is 2.13 bits per heavy atom. The minimum absolute atomic E-state index is 0.0334. The Kier molecular flexibility index (Phi) is 2.60. The van der Waals surface area contributed by atoms with E-state index >= 15 is 0 Å². The van der Waals surface area contributed by atoms with Crippen LogP contribution in [0.15, 0.2) is 24.3 Å². The topological polar surface area (TPSA) is 58.4 Å². The van der Waals surface area contributed by atoms with Crippen molar-refractivity contribution in [2.45, 2.75) is 18.9 Å². The van der Waals surface area contributed by atoms with Crippen molar-refractivity contribution in [2.75, 3.05) is 12.5 Å². The lowest BCUT2D eigenvalue weighted by Gasteiger charge is -2.18. The van der Waals surface area contributed by atoms with Gasteiger partial charge < -0.3 is 10.3 Å². The van der Waals surface area contributed by atoms with Crippen molar-refractivity contribution in [3.8, 4) is 0 Å². The van der Waals surface area contributed by atoms with Gasteiger partial charge in [-0.05, 0) is 25.0 Å². The van der Waals surface area contributed by atoms with E-state index in [9.17, 15) is 4.79 Å². The molecule has 1 aliphatic rings. The van der Waals surface area contributed by atoms with Crippen LogP contribution < -0.4 is 11.3 Å². The van der Waals surface area contributed by atoms with Crippen molar-refractivity contribution in [2.24, 2.45) is 5.84 Å². The maximum atomic E-state index is 12.0. The zero-order valence-corrected chi connectivity index (χ0v) is 8.73. The van der Waals surface area contributed by atoms with Gasteiger partial charge in [-0.25, -0.2) is 0 Å². The van der Waals surface area contributed by atoms with Gasteiger partial charge in [-0.15, -0.1) is 0 Å². The number of nitrogen functional groups attached to an aromatic ring is 1. The lowest BCUT2D eigenvalue weighted by atomic mass is 10.1. The van der Waals surface area contributed by atoms with E-state index in [4.69, 9.17) is 5.84 Å². The van der Waals surface area contributed by atoms with Gasteiger partial charge in [-0.2, -0.15) is 0 Å². The van der Waals surface area contributed by atoms with Gasteiger partial charge in [0.1, 0.15) is 0 Å². The molecule has 0 aliphatic heterocycles. The number of nitrogens with two attached hydrogens (primary N) is 1. The quantitative estimate of drug-likeness (QED) is 0.576. The number of benzene rings is 1. The summed E-state index contributed by atoms with van der Waals surface area (Å²) in [5.41, 5.74) is 3.85. The average Bonchev–Trinajstić information content (AvgIpc) is 3.11. The highest BCUT2D eigenvalue weighted by atomic mass is 16.2. The van der Waals surface area contributed by atoms with Crippen molar-refractivity contribution >= 4 is 11.6 Å². The summed E-state index contributed by atoms with van der Waals surface area (Å²) in [6.07, 6.45) is 2.22. The van der Waals surface area contributed by atoms with Crippen LogP contribution in [0.4, 0.5) is 5.69 Å². The molecule has 15 heavy (non-hydrogen) atoms. The molecule has 1 amide bonds. The summed E-state index contributed by atoms with van der Waals surface area (Å²) in [6.45, 7) is 0. The lowest BCUT2D eigenvalue weighted by molar-refractivity contribution is 0.0786. The van der Waals surface area contributed by atoms with E-state index in [1.165, 1.54) is 0 Å². The van der Waals surface area contributed by atoms with E-state index < -0.39 is 0 Å². The van der Waals surface area contributed by atoms with Gasteiger partial charge in [0.15, 0.2) is 0 Å². The Hall–Kier alpha value is -1.55. The van der Waals surface area contributed by atoms with Crippen LogP contribution in [0.5, 0.6) is 0 Å². The van der Waals surface area contributed by atoms with E-state index in [2.05, 4.69) is 5.43 Å². The summed E-state index contributed by atoms with van der Waals surface area (Å²) in [6, 6.07) is 7.70. The van der Waals surface area contributed by atoms with Gasteiger partial charge in [0.25, 0.3) is 5.91 Å². The van der Waals surface area contributed by atoms with Crippen LogP contribution in [0.3, 0.4) is 0 Å². The van der Waals surface area contributed by atoms with Crippen LogP contribution in [0, 0.1) is 0 Å². The van der Waals surface area contributed by atoms with Crippen molar-refractivity contribution in [1.29, 1.82) is 0 Å². The summed E-state index contributed by atoms with van der Waals surface area (Å²) in [5.74, 6) is 5.39. The molecule has 4 nitrogen and oxygen atoms in total. The maximum Gasteiger partial charge on any atom is 0.255 e. The molecule has 0 bridgehead atoms. The van der Waals surface area contributed by atoms with Crippen molar-refractivity contribution in [3.63, 3.8) is 0 Å². The molecule has 2 rings (SSSR count). The van der Waals surface area contributed by atoms with Crippen LogP contribution in [0.1, 0.15) is 23.2 Å². The maximum absolute atomic E-state index is 12.0. The standard InChI is InChI=1S/C11H15N3O/c1-14(8-6-7-8)11(15)9-4-2-3-5-10(9)13-12/h2-5,8,13H,6-7,12H2,1H3. The number of nitrogens with zero attached hydrogens (tertiary/aromatic N) is 1. The summed E-state index contributed by atoms with van der Waals surface area (Å²) in [7, 11) is 1.84. The molecule has 0 unspecified atom stereocenters. The molecule has 0 aromatic heterocycles. The second kappa shape index (κ2) is 3.90. The molecule has 1 saturated carbocycles. The third-order valence-corrected chi connectivity index (χ3v) is 2.73. The fourth-order valence-electron chi connectivity index (χ4n) is 1.61. The predicted molar refractivity (Wildman–Crippen MR) is 59.4 cm³/mol. The zero-order chi connectivity index (χ0) is 10.8. The fourth-order valence-corrected chi connectivity index (χ4v) is 1.61. The molecule has 1 aromatic carbocycles. The molecule has 80 valence electrons. The van der Waals surface area contributed by atoms with Crippen molar-refractivity contribution < 1.29 is 4.79 Å². The second-order valence-corrected chi connectivity index (χ2v) is 3.84. The first-order valence-corrected chi connectivity index (χ1v) is 5.07.